The van der Waals surface area contributed by atoms with Crippen LogP contribution in [0.2, 0.25) is 0 Å². The molecule has 0 aromatic heterocycles. The van der Waals surface area contributed by atoms with Crippen LogP contribution < -0.4 is 0 Å². The molecule has 0 saturated carbocycles. The van der Waals surface area contributed by atoms with Gasteiger partial charge in [0.1, 0.15) is 0 Å². The van der Waals surface area contributed by atoms with Crippen molar-refractivity contribution in [2.24, 2.45) is 0 Å². The first-order valence-corrected chi connectivity index (χ1v) is 9.43. The fourth-order valence-electron chi connectivity index (χ4n) is 2.27. The molecule has 0 aliphatic rings. The molecule has 155 valence electrons. The third kappa shape index (κ3) is 22.3. The van der Waals surface area contributed by atoms with Crippen LogP contribution in [0.3, 0.4) is 0 Å². The average molecular weight is 402 g/mol. The largest absolute Gasteiger partial charge is 2.00 e. The summed E-state index contributed by atoms with van der Waals surface area (Å²) >= 11 is 0. The average Bonchev–Trinajstić information content (AvgIpc) is 2.35. The summed E-state index contributed by atoms with van der Waals surface area (Å²) in [6.45, 7) is 19.3. The number of likely N-dealkylation sites (N-methyl/N-ethyl adjacent to an activating group) is 2. The van der Waals surface area contributed by atoms with Crippen molar-refractivity contribution in [3.05, 3.63) is 10.6 Å². The van der Waals surface area contributed by atoms with Crippen LogP contribution in [0.25, 0.3) is 10.6 Å². The molecule has 0 aromatic rings. The van der Waals surface area contributed by atoms with Crippen LogP contribution in [-0.2, 0) is 16.8 Å². The van der Waals surface area contributed by atoms with E-state index in [1.54, 1.807) is 0 Å². The zero-order valence-electron chi connectivity index (χ0n) is 19.1. The van der Waals surface area contributed by atoms with Crippen molar-refractivity contribution in [2.75, 3.05) is 41.3 Å². The van der Waals surface area contributed by atoms with Crippen LogP contribution in [0.1, 0.15) is 68.2 Å². The Labute approximate surface area is 170 Å². The fourth-order valence-corrected chi connectivity index (χ4v) is 2.27. The van der Waals surface area contributed by atoms with E-state index in [-0.39, 0.29) is 27.9 Å². The molecule has 5 heteroatoms. The van der Waals surface area contributed by atoms with Crippen LogP contribution >= 0.6 is 0 Å². The van der Waals surface area contributed by atoms with E-state index < -0.39 is 0 Å². The van der Waals surface area contributed by atoms with E-state index in [1.165, 1.54) is 6.42 Å². The molecule has 0 spiro atoms. The van der Waals surface area contributed by atoms with E-state index in [0.717, 1.165) is 19.5 Å². The molecule has 0 bridgehead atoms. The van der Waals surface area contributed by atoms with Crippen LogP contribution in [0, 0.1) is 0 Å². The van der Waals surface area contributed by atoms with Crippen LogP contribution in [0.15, 0.2) is 0 Å². The van der Waals surface area contributed by atoms with E-state index in [1.807, 2.05) is 0 Å². The van der Waals surface area contributed by atoms with Crippen molar-refractivity contribution in [2.45, 2.75) is 91.4 Å². The Morgan fingerprint density at radius 2 is 1.28 bits per heavy atom. The Morgan fingerprint density at radius 3 is 1.52 bits per heavy atom. The van der Waals surface area contributed by atoms with Crippen molar-refractivity contribution >= 4 is 0 Å². The van der Waals surface area contributed by atoms with E-state index in [4.69, 9.17) is 5.32 Å². The maximum absolute atomic E-state index is 4.73. The molecule has 0 saturated heterocycles. The summed E-state index contributed by atoms with van der Waals surface area (Å²) in [6, 6.07) is 1.09. The van der Waals surface area contributed by atoms with Crippen molar-refractivity contribution in [3.63, 3.8) is 0 Å². The van der Waals surface area contributed by atoms with E-state index in [9.17, 15) is 0 Å². The van der Waals surface area contributed by atoms with Crippen molar-refractivity contribution in [1.29, 1.82) is 0 Å². The van der Waals surface area contributed by atoms with Gasteiger partial charge in [0.15, 0.2) is 0 Å². The van der Waals surface area contributed by atoms with Gasteiger partial charge in [0, 0.05) is 0 Å². The Kier molecular flexibility index (Phi) is 17.3. The molecule has 0 aliphatic heterocycles. The quantitative estimate of drug-likeness (QED) is 0.574. The molecule has 0 heterocycles. The molecule has 4 nitrogen and oxygen atoms in total. The number of hydrogen-bond acceptors (Lipinski definition) is 2. The van der Waals surface area contributed by atoms with Crippen LogP contribution in [0.4, 0.5) is 0 Å². The van der Waals surface area contributed by atoms with Gasteiger partial charge in [0.25, 0.3) is 0 Å². The smallest absolute Gasteiger partial charge is 0.656 e. The summed E-state index contributed by atoms with van der Waals surface area (Å²) in [4.78, 5) is 4.44. The minimum Gasteiger partial charge on any atom is -0.656 e. The third-order valence-electron chi connectivity index (χ3n) is 3.59. The third-order valence-corrected chi connectivity index (χ3v) is 3.59. The summed E-state index contributed by atoms with van der Waals surface area (Å²) in [5.41, 5.74) is 0.222. The molecule has 2 atom stereocenters. The predicted molar refractivity (Wildman–Crippen MR) is 111 cm³/mol. The molecule has 0 aromatic carbocycles. The molecule has 0 rings (SSSR count). The SMILES string of the molecule is CCC(CN(C)C)[N-]C(C)(C)C.CCC(C[N-]C(C)(C)C)N(C)C.[Co+2]. The Morgan fingerprint density at radius 1 is 0.800 bits per heavy atom. The van der Waals surface area contributed by atoms with E-state index >= 15 is 0 Å². The monoisotopic (exact) mass is 401 g/mol. The summed E-state index contributed by atoms with van der Waals surface area (Å²) in [7, 11) is 8.43. The van der Waals surface area contributed by atoms with Gasteiger partial charge < -0.3 is 20.4 Å². The van der Waals surface area contributed by atoms with Crippen LogP contribution in [-0.4, -0.2) is 74.2 Å². The number of nitrogens with zero attached hydrogens (tertiary/aromatic N) is 4. The molecule has 0 fully saturated rings. The molecule has 0 N–H and O–H groups in total. The first kappa shape index (κ1) is 30.1. The Hall–Kier alpha value is 0.346. The van der Waals surface area contributed by atoms with E-state index in [2.05, 4.69) is 98.7 Å². The molecule has 25 heavy (non-hydrogen) atoms. The first-order valence-electron chi connectivity index (χ1n) is 9.43. The van der Waals surface area contributed by atoms with Crippen molar-refractivity contribution < 1.29 is 16.8 Å². The molecule has 2 unspecified atom stereocenters. The van der Waals surface area contributed by atoms with Crippen molar-refractivity contribution in [1.82, 2.24) is 9.80 Å². The summed E-state index contributed by atoms with van der Waals surface area (Å²) in [5.74, 6) is 0. The second kappa shape index (κ2) is 14.4. The predicted octanol–water partition coefficient (Wildman–Crippen LogP) is 5.00. The number of rotatable bonds is 8. The summed E-state index contributed by atoms with van der Waals surface area (Å²) < 4.78 is 0. The van der Waals surface area contributed by atoms with Gasteiger partial charge in [-0.05, 0) is 47.2 Å². The maximum atomic E-state index is 4.73. The molecule has 0 amide bonds. The Balaban J connectivity index is -0.000000372. The Bertz CT molecular complexity index is 293. The summed E-state index contributed by atoms with van der Waals surface area (Å²) in [5, 5.41) is 9.33. The van der Waals surface area contributed by atoms with Gasteiger partial charge in [-0.1, -0.05) is 61.8 Å². The van der Waals surface area contributed by atoms with Crippen molar-refractivity contribution in [3.8, 4) is 0 Å². The normalized spacial score (nSPS) is 14.6. The standard InChI is InChI=1S/2C10H23N2.Co/c1-7-9(8-12(5)6)11-10(2,3)4;1-7-9(12(5)6)8-11-10(2,3)4;/h2*9H,7-8H2,1-6H3;/q2*-1;+2. The second-order valence-corrected chi connectivity index (χ2v) is 9.16. The van der Waals surface area contributed by atoms with Gasteiger partial charge in [-0.15, -0.1) is 23.7 Å². The zero-order valence-corrected chi connectivity index (χ0v) is 20.1. The van der Waals surface area contributed by atoms with Gasteiger partial charge in [-0.3, -0.25) is 0 Å². The zero-order chi connectivity index (χ0) is 19.6. The van der Waals surface area contributed by atoms with E-state index in [0.29, 0.717) is 12.1 Å². The number of hydrogen-bond donors (Lipinski definition) is 0. The minimum absolute atomic E-state index is 0. The van der Waals surface area contributed by atoms with Gasteiger partial charge >= 0.3 is 16.8 Å². The minimum atomic E-state index is 0. The maximum Gasteiger partial charge on any atom is 2.00 e. The molecule has 0 aliphatic carbocycles. The second-order valence-electron chi connectivity index (χ2n) is 9.16. The molecular weight excluding hydrogens is 355 g/mol. The fraction of sp³-hybridized carbons (Fsp3) is 1.00. The first-order chi connectivity index (χ1) is 10.7. The van der Waals surface area contributed by atoms with Crippen LogP contribution in [0.5, 0.6) is 0 Å². The van der Waals surface area contributed by atoms with Gasteiger partial charge in [0.05, 0.1) is 0 Å². The van der Waals surface area contributed by atoms with Gasteiger partial charge in [0.2, 0.25) is 0 Å². The van der Waals surface area contributed by atoms with Gasteiger partial charge in [-0.2, -0.15) is 0 Å². The van der Waals surface area contributed by atoms with Gasteiger partial charge in [-0.25, -0.2) is 0 Å². The molecule has 1 radical (unpaired) electrons. The molecular formula is C20H46CoN4. The summed E-state index contributed by atoms with van der Waals surface area (Å²) in [6.07, 6.45) is 2.31. The topological polar surface area (TPSA) is 34.7 Å².